The molecule has 1 N–H and O–H groups in total. The summed E-state index contributed by atoms with van der Waals surface area (Å²) >= 11 is 1.82. The lowest BCUT2D eigenvalue weighted by Crippen LogP contribution is -2.18. The zero-order valence-corrected chi connectivity index (χ0v) is 16.6. The average Bonchev–Trinajstić information content (AvgIpc) is 2.69. The molecule has 2 heterocycles. The zero-order chi connectivity index (χ0) is 18.8. The van der Waals surface area contributed by atoms with Crippen molar-refractivity contribution in [3.05, 3.63) is 69.5 Å². The van der Waals surface area contributed by atoms with E-state index in [2.05, 4.69) is 40.2 Å². The molecule has 0 unspecified atom stereocenters. The van der Waals surface area contributed by atoms with Crippen molar-refractivity contribution in [2.24, 2.45) is 0 Å². The SMILES string of the molecule is CN(C)c1ccc(CCOc2ccc3[nH]c(=O)c4c(c3c2)CCSC4)cc1. The van der Waals surface area contributed by atoms with Gasteiger partial charge in [0, 0.05) is 48.4 Å². The lowest BCUT2D eigenvalue weighted by Gasteiger charge is -2.17. The molecule has 140 valence electrons. The molecule has 1 aromatic heterocycles. The summed E-state index contributed by atoms with van der Waals surface area (Å²) in [5.41, 5.74) is 5.54. The Morgan fingerprint density at radius 2 is 1.93 bits per heavy atom. The van der Waals surface area contributed by atoms with Crippen molar-refractivity contribution in [1.82, 2.24) is 4.98 Å². The molecule has 0 saturated heterocycles. The maximum Gasteiger partial charge on any atom is 0.252 e. The normalized spacial score (nSPS) is 13.4. The average molecular weight is 381 g/mol. The minimum absolute atomic E-state index is 0.0551. The van der Waals surface area contributed by atoms with Crippen LogP contribution in [-0.4, -0.2) is 31.4 Å². The maximum atomic E-state index is 12.3. The number of H-pyrrole nitrogens is 1. The highest BCUT2D eigenvalue weighted by atomic mass is 32.2. The van der Waals surface area contributed by atoms with Gasteiger partial charge in [-0.05, 0) is 53.6 Å². The third kappa shape index (κ3) is 3.83. The van der Waals surface area contributed by atoms with Crippen LogP contribution >= 0.6 is 11.8 Å². The standard InChI is InChI=1S/C22H24N2O2S/c1-24(2)16-5-3-15(4-6-16)9-11-26-17-7-8-21-19(13-17)18-10-12-27-14-20(18)22(25)23-21/h3-8,13H,9-12,14H2,1-2H3,(H,23,25). The van der Waals surface area contributed by atoms with Gasteiger partial charge in [0.25, 0.3) is 5.56 Å². The number of thioether (sulfide) groups is 1. The van der Waals surface area contributed by atoms with Crippen LogP contribution in [0.3, 0.4) is 0 Å². The first-order chi connectivity index (χ1) is 13.1. The summed E-state index contributed by atoms with van der Waals surface area (Å²) in [4.78, 5) is 17.4. The molecule has 27 heavy (non-hydrogen) atoms. The Balaban J connectivity index is 1.49. The molecule has 0 radical (unpaired) electrons. The van der Waals surface area contributed by atoms with Crippen molar-refractivity contribution in [1.29, 1.82) is 0 Å². The van der Waals surface area contributed by atoms with E-state index in [0.29, 0.717) is 6.61 Å². The first-order valence-corrected chi connectivity index (χ1v) is 10.4. The fourth-order valence-corrected chi connectivity index (χ4v) is 4.51. The van der Waals surface area contributed by atoms with E-state index in [-0.39, 0.29) is 5.56 Å². The van der Waals surface area contributed by atoms with Gasteiger partial charge in [-0.25, -0.2) is 0 Å². The van der Waals surface area contributed by atoms with E-state index in [1.54, 1.807) is 0 Å². The van der Waals surface area contributed by atoms with Gasteiger partial charge in [0.1, 0.15) is 5.75 Å². The summed E-state index contributed by atoms with van der Waals surface area (Å²) in [6.45, 7) is 0.633. The summed E-state index contributed by atoms with van der Waals surface area (Å²) in [7, 11) is 4.09. The predicted molar refractivity (Wildman–Crippen MR) is 114 cm³/mol. The van der Waals surface area contributed by atoms with Gasteiger partial charge >= 0.3 is 0 Å². The van der Waals surface area contributed by atoms with Gasteiger partial charge in [0.05, 0.1) is 6.61 Å². The number of nitrogens with one attached hydrogen (secondary N) is 1. The molecule has 4 rings (SSSR count). The summed E-state index contributed by atoms with van der Waals surface area (Å²) in [5, 5.41) is 1.12. The van der Waals surface area contributed by atoms with Crippen molar-refractivity contribution in [3.63, 3.8) is 0 Å². The second kappa shape index (κ2) is 7.69. The Morgan fingerprint density at radius 3 is 2.70 bits per heavy atom. The van der Waals surface area contributed by atoms with E-state index in [9.17, 15) is 4.79 Å². The second-order valence-electron chi connectivity index (χ2n) is 7.08. The number of aromatic amines is 1. The molecular weight excluding hydrogens is 356 g/mol. The van der Waals surface area contributed by atoms with E-state index in [0.717, 1.165) is 46.6 Å². The number of fused-ring (bicyclic) bond motifs is 3. The van der Waals surface area contributed by atoms with Gasteiger partial charge in [-0.15, -0.1) is 0 Å². The van der Waals surface area contributed by atoms with Crippen LogP contribution in [0.15, 0.2) is 47.3 Å². The minimum atomic E-state index is 0.0551. The van der Waals surface area contributed by atoms with E-state index < -0.39 is 0 Å². The minimum Gasteiger partial charge on any atom is -0.493 e. The largest absolute Gasteiger partial charge is 0.493 e. The lowest BCUT2D eigenvalue weighted by atomic mass is 10.0. The van der Waals surface area contributed by atoms with E-state index >= 15 is 0 Å². The summed E-state index contributed by atoms with van der Waals surface area (Å²) in [6.07, 6.45) is 1.81. The van der Waals surface area contributed by atoms with Crippen LogP contribution in [0.25, 0.3) is 10.9 Å². The van der Waals surface area contributed by atoms with E-state index in [4.69, 9.17) is 4.74 Å². The van der Waals surface area contributed by atoms with Gasteiger partial charge in [-0.3, -0.25) is 4.79 Å². The molecule has 3 aromatic rings. The molecule has 0 bridgehead atoms. The van der Waals surface area contributed by atoms with Crippen LogP contribution in [0, 0.1) is 0 Å². The van der Waals surface area contributed by atoms with Crippen LogP contribution < -0.4 is 15.2 Å². The summed E-state index contributed by atoms with van der Waals surface area (Å²) in [5.74, 6) is 2.73. The smallest absolute Gasteiger partial charge is 0.252 e. The molecule has 5 heteroatoms. The fraction of sp³-hybridized carbons (Fsp3) is 0.318. The number of pyridine rings is 1. The number of aromatic nitrogens is 1. The third-order valence-electron chi connectivity index (χ3n) is 5.06. The van der Waals surface area contributed by atoms with Gasteiger partial charge in [0.15, 0.2) is 0 Å². The first kappa shape index (κ1) is 18.0. The van der Waals surface area contributed by atoms with Crippen molar-refractivity contribution in [2.45, 2.75) is 18.6 Å². The molecule has 4 nitrogen and oxygen atoms in total. The van der Waals surface area contributed by atoms with Crippen LogP contribution in [-0.2, 0) is 18.6 Å². The van der Waals surface area contributed by atoms with Gasteiger partial charge in [-0.2, -0.15) is 11.8 Å². The number of rotatable bonds is 5. The fourth-order valence-electron chi connectivity index (χ4n) is 3.50. The van der Waals surface area contributed by atoms with Crippen LogP contribution in [0.4, 0.5) is 5.69 Å². The Morgan fingerprint density at radius 1 is 1.11 bits per heavy atom. The molecule has 0 fully saturated rings. The monoisotopic (exact) mass is 380 g/mol. The molecule has 0 spiro atoms. The molecule has 2 aromatic carbocycles. The number of hydrogen-bond donors (Lipinski definition) is 1. The second-order valence-corrected chi connectivity index (χ2v) is 8.19. The van der Waals surface area contributed by atoms with Gasteiger partial charge < -0.3 is 14.6 Å². The number of nitrogens with zero attached hydrogens (tertiary/aromatic N) is 1. The molecule has 1 aliphatic rings. The molecule has 0 atom stereocenters. The summed E-state index contributed by atoms with van der Waals surface area (Å²) < 4.78 is 6.01. The molecular formula is C22H24N2O2S. The van der Waals surface area contributed by atoms with Crippen molar-refractivity contribution >= 4 is 28.4 Å². The van der Waals surface area contributed by atoms with Gasteiger partial charge in [0.2, 0.25) is 0 Å². The number of hydrogen-bond acceptors (Lipinski definition) is 4. The van der Waals surface area contributed by atoms with E-state index in [1.807, 2.05) is 38.0 Å². The van der Waals surface area contributed by atoms with Crippen molar-refractivity contribution in [3.8, 4) is 5.75 Å². The van der Waals surface area contributed by atoms with E-state index in [1.165, 1.54) is 16.8 Å². The highest BCUT2D eigenvalue weighted by Crippen LogP contribution is 2.29. The quantitative estimate of drug-likeness (QED) is 0.727. The molecule has 0 saturated carbocycles. The number of aryl methyl sites for hydroxylation is 1. The Hall–Kier alpha value is -2.40. The van der Waals surface area contributed by atoms with Gasteiger partial charge in [-0.1, -0.05) is 12.1 Å². The molecule has 1 aliphatic heterocycles. The third-order valence-corrected chi connectivity index (χ3v) is 6.04. The van der Waals surface area contributed by atoms with Crippen LogP contribution in [0.1, 0.15) is 16.7 Å². The van der Waals surface area contributed by atoms with Crippen molar-refractivity contribution in [2.75, 3.05) is 31.4 Å². The maximum absolute atomic E-state index is 12.3. The first-order valence-electron chi connectivity index (χ1n) is 9.26. The number of benzene rings is 2. The molecule has 0 amide bonds. The number of anilines is 1. The predicted octanol–water partition coefficient (Wildman–Crippen LogP) is 4.00. The molecule has 0 aliphatic carbocycles. The van der Waals surface area contributed by atoms with Crippen molar-refractivity contribution < 1.29 is 4.74 Å². The Bertz CT molecular complexity index is 1010. The Kier molecular flexibility index (Phi) is 5.12. The summed E-state index contributed by atoms with van der Waals surface area (Å²) in [6, 6.07) is 14.5. The van der Waals surface area contributed by atoms with Crippen LogP contribution in [0.2, 0.25) is 0 Å². The van der Waals surface area contributed by atoms with Crippen LogP contribution in [0.5, 0.6) is 5.75 Å². The number of ether oxygens (including phenoxy) is 1. The topological polar surface area (TPSA) is 45.3 Å². The lowest BCUT2D eigenvalue weighted by molar-refractivity contribution is 0.322. The highest BCUT2D eigenvalue weighted by Gasteiger charge is 2.17. The highest BCUT2D eigenvalue weighted by molar-refractivity contribution is 7.98. The Labute approximate surface area is 163 Å². The zero-order valence-electron chi connectivity index (χ0n) is 15.7.